The number of benzene rings is 1. The molecule has 3 aromatic rings. The molecule has 0 spiro atoms. The van der Waals surface area contributed by atoms with Crippen LogP contribution in [0.15, 0.2) is 35.3 Å². The number of anilines is 1. The molecular weight excluding hydrogens is 440 g/mol. The minimum Gasteiger partial charge on any atom is -0.480 e. The number of hydrogen-bond donors (Lipinski definition) is 4. The quantitative estimate of drug-likeness (QED) is 0.330. The fraction of sp³-hybridized carbons (Fsp3) is 0.348. The molecule has 0 bridgehead atoms. The Morgan fingerprint density at radius 3 is 2.53 bits per heavy atom. The van der Waals surface area contributed by atoms with Crippen molar-refractivity contribution in [3.05, 3.63) is 57.9 Å². The molecule has 1 amide bonds. The Hall–Kier alpha value is -4.15. The molecule has 1 atom stereocenters. The van der Waals surface area contributed by atoms with Gasteiger partial charge in [0.25, 0.3) is 11.5 Å². The number of carboxylic acids is 1. The number of carboxylic acid groups (broad SMARTS) is 1. The van der Waals surface area contributed by atoms with Crippen molar-refractivity contribution in [3.63, 3.8) is 0 Å². The minimum absolute atomic E-state index is 0.0227. The molecule has 11 nitrogen and oxygen atoms in total. The van der Waals surface area contributed by atoms with Gasteiger partial charge in [-0.25, -0.2) is 19.7 Å². The second kappa shape index (κ2) is 11.1. The molecule has 0 saturated heterocycles. The zero-order valence-corrected chi connectivity index (χ0v) is 18.9. The monoisotopic (exact) mass is 466 g/mol. The molecule has 11 heteroatoms. The summed E-state index contributed by atoms with van der Waals surface area (Å²) in [6.45, 7) is 3.83. The number of aryl methyl sites for hydroxylation is 1. The number of amides is 1. The van der Waals surface area contributed by atoms with E-state index in [0.29, 0.717) is 30.0 Å². The van der Waals surface area contributed by atoms with Gasteiger partial charge in [0.2, 0.25) is 0 Å². The first-order valence-corrected chi connectivity index (χ1v) is 10.9. The van der Waals surface area contributed by atoms with Gasteiger partial charge in [-0.1, -0.05) is 6.92 Å². The predicted octanol–water partition coefficient (Wildman–Crippen LogP) is 1.97. The van der Waals surface area contributed by atoms with Crippen LogP contribution in [0.3, 0.4) is 0 Å². The van der Waals surface area contributed by atoms with Crippen LogP contribution in [0, 0.1) is 6.92 Å². The number of ketones is 1. The van der Waals surface area contributed by atoms with E-state index in [0.717, 1.165) is 0 Å². The maximum absolute atomic E-state index is 12.5. The normalized spacial score (nSPS) is 11.7. The van der Waals surface area contributed by atoms with E-state index in [-0.39, 0.29) is 47.5 Å². The van der Waals surface area contributed by atoms with E-state index in [4.69, 9.17) is 0 Å². The summed E-state index contributed by atoms with van der Waals surface area (Å²) in [5, 5.41) is 15.0. The fourth-order valence-electron chi connectivity index (χ4n) is 3.29. The van der Waals surface area contributed by atoms with Crippen molar-refractivity contribution in [2.45, 2.75) is 52.1 Å². The number of aromatic amines is 1. The highest BCUT2D eigenvalue weighted by Crippen LogP contribution is 2.12. The van der Waals surface area contributed by atoms with Crippen LogP contribution in [0.4, 0.5) is 5.69 Å². The standard InChI is InChI=1S/C23H26N6O5/c1-3-4-17(30)9-10-18(23(33)34)29-21(31)14-5-7-15(8-6-14)24-11-16-12-25-20-19(28-16)22(32)27-13(2)26-20/h5-8,12,18,24H,3-4,9-11H2,1-2H3,(H,29,31)(H,33,34)(H,25,26,27,32). The molecular formula is C23H26N6O5. The van der Waals surface area contributed by atoms with Crippen molar-refractivity contribution in [2.24, 2.45) is 0 Å². The van der Waals surface area contributed by atoms with Crippen LogP contribution in [0.1, 0.15) is 54.5 Å². The van der Waals surface area contributed by atoms with E-state index in [1.807, 2.05) is 6.92 Å². The van der Waals surface area contributed by atoms with Gasteiger partial charge in [0.15, 0.2) is 11.2 Å². The zero-order chi connectivity index (χ0) is 24.7. The summed E-state index contributed by atoms with van der Waals surface area (Å²) in [7, 11) is 0. The number of nitrogens with one attached hydrogen (secondary N) is 3. The van der Waals surface area contributed by atoms with Gasteiger partial charge in [-0.05, 0) is 44.0 Å². The average molecular weight is 466 g/mol. The van der Waals surface area contributed by atoms with Gasteiger partial charge < -0.3 is 20.7 Å². The number of carbonyl (C=O) groups is 3. The molecule has 0 fully saturated rings. The van der Waals surface area contributed by atoms with Crippen molar-refractivity contribution in [1.29, 1.82) is 0 Å². The highest BCUT2D eigenvalue weighted by Gasteiger charge is 2.21. The number of nitrogens with zero attached hydrogens (tertiary/aromatic N) is 3. The van der Waals surface area contributed by atoms with E-state index >= 15 is 0 Å². The van der Waals surface area contributed by atoms with Gasteiger partial charge in [-0.3, -0.25) is 14.4 Å². The van der Waals surface area contributed by atoms with Crippen molar-refractivity contribution in [3.8, 4) is 0 Å². The molecule has 0 aliphatic heterocycles. The van der Waals surface area contributed by atoms with Crippen LogP contribution in [0.5, 0.6) is 0 Å². The molecule has 0 saturated carbocycles. The van der Waals surface area contributed by atoms with Gasteiger partial charge >= 0.3 is 5.97 Å². The summed E-state index contributed by atoms with van der Waals surface area (Å²) < 4.78 is 0. The minimum atomic E-state index is -1.18. The largest absolute Gasteiger partial charge is 0.480 e. The topological polar surface area (TPSA) is 167 Å². The van der Waals surface area contributed by atoms with Crippen LogP contribution in [0.2, 0.25) is 0 Å². The molecule has 178 valence electrons. The van der Waals surface area contributed by atoms with Crippen LogP contribution in [-0.2, 0) is 16.1 Å². The first-order valence-electron chi connectivity index (χ1n) is 10.9. The van der Waals surface area contributed by atoms with E-state index in [9.17, 15) is 24.3 Å². The second-order valence-corrected chi connectivity index (χ2v) is 7.81. The third kappa shape index (κ3) is 6.44. The summed E-state index contributed by atoms with van der Waals surface area (Å²) in [4.78, 5) is 62.8. The number of aliphatic carboxylic acids is 1. The molecule has 34 heavy (non-hydrogen) atoms. The number of H-pyrrole nitrogens is 1. The average Bonchev–Trinajstić information content (AvgIpc) is 2.80. The van der Waals surface area contributed by atoms with Crippen molar-refractivity contribution in [2.75, 3.05) is 5.32 Å². The Balaban J connectivity index is 1.59. The molecule has 1 unspecified atom stereocenters. The van der Waals surface area contributed by atoms with Gasteiger partial charge in [-0.2, -0.15) is 0 Å². The first kappa shape index (κ1) is 24.5. The van der Waals surface area contributed by atoms with Crippen molar-refractivity contribution < 1.29 is 19.5 Å². The molecule has 4 N–H and O–H groups in total. The second-order valence-electron chi connectivity index (χ2n) is 7.81. The summed E-state index contributed by atoms with van der Waals surface area (Å²) in [6.07, 6.45) is 2.77. The van der Waals surface area contributed by atoms with Gasteiger partial charge in [0.05, 0.1) is 18.4 Å². The number of hydrogen-bond acceptors (Lipinski definition) is 8. The molecule has 0 aliphatic rings. The van der Waals surface area contributed by atoms with Gasteiger partial charge in [0, 0.05) is 24.1 Å². The lowest BCUT2D eigenvalue weighted by Crippen LogP contribution is -2.41. The van der Waals surface area contributed by atoms with Crippen LogP contribution >= 0.6 is 0 Å². The number of rotatable bonds is 11. The highest BCUT2D eigenvalue weighted by molar-refractivity contribution is 5.97. The summed E-state index contributed by atoms with van der Waals surface area (Å²) in [5.41, 5.74) is 1.58. The van der Waals surface area contributed by atoms with Crippen LogP contribution < -0.4 is 16.2 Å². The van der Waals surface area contributed by atoms with E-state index < -0.39 is 17.9 Å². The van der Waals surface area contributed by atoms with Crippen LogP contribution in [-0.4, -0.2) is 48.7 Å². The zero-order valence-electron chi connectivity index (χ0n) is 18.9. The summed E-state index contributed by atoms with van der Waals surface area (Å²) in [5.74, 6) is -1.28. The molecule has 0 aliphatic carbocycles. The Labute approximate surface area is 195 Å². The number of Topliss-reactive ketones (excluding diaryl/α,β-unsaturated/α-hetero) is 1. The van der Waals surface area contributed by atoms with Gasteiger partial charge in [0.1, 0.15) is 17.6 Å². The lowest BCUT2D eigenvalue weighted by Gasteiger charge is -2.14. The highest BCUT2D eigenvalue weighted by atomic mass is 16.4. The van der Waals surface area contributed by atoms with Crippen LogP contribution in [0.25, 0.3) is 11.2 Å². The number of aromatic nitrogens is 4. The lowest BCUT2D eigenvalue weighted by atomic mass is 10.1. The maximum atomic E-state index is 12.5. The third-order valence-electron chi connectivity index (χ3n) is 5.05. The summed E-state index contributed by atoms with van der Waals surface area (Å²) >= 11 is 0. The molecule has 2 aromatic heterocycles. The van der Waals surface area contributed by atoms with Gasteiger partial charge in [-0.15, -0.1) is 0 Å². The van der Waals surface area contributed by atoms with E-state index in [2.05, 4.69) is 30.6 Å². The molecule has 1 aromatic carbocycles. The van der Waals surface area contributed by atoms with E-state index in [1.165, 1.54) is 6.20 Å². The Bertz CT molecular complexity index is 1250. The number of fused-ring (bicyclic) bond motifs is 1. The van der Waals surface area contributed by atoms with E-state index in [1.54, 1.807) is 31.2 Å². The Morgan fingerprint density at radius 2 is 1.85 bits per heavy atom. The molecule has 0 radical (unpaired) electrons. The smallest absolute Gasteiger partial charge is 0.326 e. The Morgan fingerprint density at radius 1 is 1.12 bits per heavy atom. The molecule has 2 heterocycles. The fourth-order valence-corrected chi connectivity index (χ4v) is 3.29. The SMILES string of the molecule is CCCC(=O)CCC(NC(=O)c1ccc(NCc2cnc3nc(C)[nH]c(=O)c3n2)cc1)C(=O)O. The lowest BCUT2D eigenvalue weighted by molar-refractivity contribution is -0.139. The maximum Gasteiger partial charge on any atom is 0.326 e. The molecule has 3 rings (SSSR count). The number of carbonyl (C=O) groups excluding carboxylic acids is 2. The Kier molecular flexibility index (Phi) is 8.01. The first-order chi connectivity index (χ1) is 16.3. The van der Waals surface area contributed by atoms with Crippen molar-refractivity contribution >= 4 is 34.5 Å². The summed E-state index contributed by atoms with van der Waals surface area (Å²) in [6, 6.07) is 5.31. The third-order valence-corrected chi connectivity index (χ3v) is 5.05. The van der Waals surface area contributed by atoms with Crippen molar-refractivity contribution in [1.82, 2.24) is 25.3 Å². The predicted molar refractivity (Wildman–Crippen MR) is 124 cm³/mol.